The van der Waals surface area contributed by atoms with Crippen molar-refractivity contribution in [2.75, 3.05) is 52.4 Å². The predicted octanol–water partition coefficient (Wildman–Crippen LogP) is 1.86. The second kappa shape index (κ2) is 10.3. The quantitative estimate of drug-likeness (QED) is 0.854. The molecule has 2 rings (SSSR count). The topological polar surface area (TPSA) is 18.5 Å². The number of hydrogen-bond acceptors (Lipinski definition) is 3. The number of likely N-dealkylation sites (tertiary alicyclic amines) is 1. The Morgan fingerprint density at radius 1 is 1.00 bits per heavy atom. The van der Waals surface area contributed by atoms with E-state index >= 15 is 0 Å². The van der Waals surface area contributed by atoms with Crippen LogP contribution in [0.5, 0.6) is 0 Å². The summed E-state index contributed by atoms with van der Waals surface area (Å²) >= 11 is 0. The van der Waals surface area contributed by atoms with Gasteiger partial charge < -0.3 is 10.2 Å². The fourth-order valence-corrected chi connectivity index (χ4v) is 2.91. The minimum absolute atomic E-state index is 0. The molecule has 3 nitrogen and oxygen atoms in total. The average molecular weight is 298 g/mol. The standard InChI is InChI=1S/C13H27N3.2ClH/c1-2-13-4-3-7-16(12-13)11-10-15-8-5-14-6-9-15;;/h13-14H,2-12H2,1H3;2*1H. The van der Waals surface area contributed by atoms with Gasteiger partial charge in [0, 0.05) is 45.8 Å². The van der Waals surface area contributed by atoms with E-state index in [0.29, 0.717) is 0 Å². The van der Waals surface area contributed by atoms with Crippen LogP contribution in [-0.2, 0) is 0 Å². The highest BCUT2D eigenvalue weighted by molar-refractivity contribution is 5.85. The van der Waals surface area contributed by atoms with Crippen LogP contribution in [0.2, 0.25) is 0 Å². The molecule has 110 valence electrons. The van der Waals surface area contributed by atoms with Gasteiger partial charge in [0.2, 0.25) is 0 Å². The monoisotopic (exact) mass is 297 g/mol. The normalized spacial score (nSPS) is 26.2. The highest BCUT2D eigenvalue weighted by Crippen LogP contribution is 2.18. The van der Waals surface area contributed by atoms with Crippen LogP contribution in [0.25, 0.3) is 0 Å². The van der Waals surface area contributed by atoms with Crippen LogP contribution >= 0.6 is 24.8 Å². The molecule has 5 heteroatoms. The molecular weight excluding hydrogens is 269 g/mol. The lowest BCUT2D eigenvalue weighted by Gasteiger charge is -2.35. The van der Waals surface area contributed by atoms with Crippen molar-refractivity contribution >= 4 is 24.8 Å². The van der Waals surface area contributed by atoms with Gasteiger partial charge in [0.25, 0.3) is 0 Å². The summed E-state index contributed by atoms with van der Waals surface area (Å²) in [5.74, 6) is 0.969. The molecule has 2 aliphatic heterocycles. The van der Waals surface area contributed by atoms with Crippen molar-refractivity contribution in [3.8, 4) is 0 Å². The lowest BCUT2D eigenvalue weighted by molar-refractivity contribution is 0.140. The van der Waals surface area contributed by atoms with E-state index in [-0.39, 0.29) is 24.8 Å². The highest BCUT2D eigenvalue weighted by atomic mass is 35.5. The number of hydrogen-bond donors (Lipinski definition) is 1. The van der Waals surface area contributed by atoms with Gasteiger partial charge in [-0.05, 0) is 25.3 Å². The molecule has 1 N–H and O–H groups in total. The maximum Gasteiger partial charge on any atom is 0.0110 e. The van der Waals surface area contributed by atoms with E-state index < -0.39 is 0 Å². The Bertz CT molecular complexity index is 199. The summed E-state index contributed by atoms with van der Waals surface area (Å²) in [6.45, 7) is 12.4. The first kappa shape index (κ1) is 18.5. The van der Waals surface area contributed by atoms with Crippen LogP contribution < -0.4 is 5.32 Å². The molecule has 0 aromatic carbocycles. The molecule has 0 aromatic heterocycles. The van der Waals surface area contributed by atoms with E-state index in [4.69, 9.17) is 0 Å². The molecule has 1 unspecified atom stereocenters. The smallest absolute Gasteiger partial charge is 0.0110 e. The third-order valence-electron chi connectivity index (χ3n) is 4.12. The number of halogens is 2. The first-order chi connectivity index (χ1) is 7.88. The molecule has 2 aliphatic rings. The van der Waals surface area contributed by atoms with Gasteiger partial charge >= 0.3 is 0 Å². The first-order valence-electron chi connectivity index (χ1n) is 7.04. The largest absolute Gasteiger partial charge is 0.314 e. The molecule has 2 saturated heterocycles. The van der Waals surface area contributed by atoms with Crippen molar-refractivity contribution in [3.05, 3.63) is 0 Å². The van der Waals surface area contributed by atoms with E-state index in [1.807, 2.05) is 0 Å². The molecule has 0 aromatic rings. The number of rotatable bonds is 4. The number of nitrogens with zero attached hydrogens (tertiary/aromatic N) is 2. The minimum atomic E-state index is 0. The SMILES string of the molecule is CCC1CCCN(CCN2CCNCC2)C1.Cl.Cl. The van der Waals surface area contributed by atoms with Gasteiger partial charge in [0.05, 0.1) is 0 Å². The van der Waals surface area contributed by atoms with Gasteiger partial charge in [0.15, 0.2) is 0 Å². The molecule has 0 bridgehead atoms. The van der Waals surface area contributed by atoms with E-state index in [2.05, 4.69) is 22.0 Å². The summed E-state index contributed by atoms with van der Waals surface area (Å²) in [4.78, 5) is 5.28. The van der Waals surface area contributed by atoms with Crippen LogP contribution in [-0.4, -0.2) is 62.2 Å². The van der Waals surface area contributed by atoms with Gasteiger partial charge in [-0.15, -0.1) is 24.8 Å². The van der Waals surface area contributed by atoms with Gasteiger partial charge in [-0.2, -0.15) is 0 Å². The Labute approximate surface area is 124 Å². The van der Waals surface area contributed by atoms with Gasteiger partial charge in [0.1, 0.15) is 0 Å². The Hall–Kier alpha value is 0.460. The zero-order valence-electron chi connectivity index (χ0n) is 11.6. The lowest BCUT2D eigenvalue weighted by Crippen LogP contribution is -2.47. The molecule has 0 radical (unpaired) electrons. The molecule has 18 heavy (non-hydrogen) atoms. The van der Waals surface area contributed by atoms with Crippen LogP contribution in [0.15, 0.2) is 0 Å². The summed E-state index contributed by atoms with van der Waals surface area (Å²) in [7, 11) is 0. The Balaban J connectivity index is 0.00000144. The summed E-state index contributed by atoms with van der Waals surface area (Å²) < 4.78 is 0. The predicted molar refractivity (Wildman–Crippen MR) is 83.3 cm³/mol. The number of nitrogens with one attached hydrogen (secondary N) is 1. The fraction of sp³-hybridized carbons (Fsp3) is 1.00. The Kier molecular flexibility index (Phi) is 10.5. The zero-order valence-corrected chi connectivity index (χ0v) is 13.2. The summed E-state index contributed by atoms with van der Waals surface area (Å²) in [6.07, 6.45) is 4.24. The van der Waals surface area contributed by atoms with Gasteiger partial charge in [-0.1, -0.05) is 13.3 Å². The fourth-order valence-electron chi connectivity index (χ4n) is 2.91. The van der Waals surface area contributed by atoms with Gasteiger partial charge in [-0.3, -0.25) is 4.90 Å². The molecule has 0 aliphatic carbocycles. The average Bonchev–Trinajstić information content (AvgIpc) is 2.38. The molecule has 1 atom stereocenters. The molecule has 2 heterocycles. The van der Waals surface area contributed by atoms with Crippen molar-refractivity contribution in [2.45, 2.75) is 26.2 Å². The summed E-state index contributed by atoms with van der Waals surface area (Å²) in [6, 6.07) is 0. The van der Waals surface area contributed by atoms with Crippen LogP contribution in [0.3, 0.4) is 0 Å². The van der Waals surface area contributed by atoms with E-state index in [1.165, 1.54) is 71.6 Å². The van der Waals surface area contributed by atoms with E-state index in [1.54, 1.807) is 0 Å². The van der Waals surface area contributed by atoms with Crippen LogP contribution in [0, 0.1) is 5.92 Å². The van der Waals surface area contributed by atoms with Gasteiger partial charge in [-0.25, -0.2) is 0 Å². The molecule has 2 fully saturated rings. The number of piperazine rings is 1. The molecule has 0 saturated carbocycles. The third kappa shape index (κ3) is 6.07. The second-order valence-electron chi connectivity index (χ2n) is 5.31. The number of piperidine rings is 1. The Morgan fingerprint density at radius 3 is 2.33 bits per heavy atom. The first-order valence-corrected chi connectivity index (χ1v) is 7.04. The van der Waals surface area contributed by atoms with Crippen molar-refractivity contribution < 1.29 is 0 Å². The maximum absolute atomic E-state index is 3.41. The molecule has 0 spiro atoms. The molecular formula is C13H29Cl2N3. The van der Waals surface area contributed by atoms with E-state index in [9.17, 15) is 0 Å². The molecule has 0 amide bonds. The maximum atomic E-state index is 3.41. The van der Waals surface area contributed by atoms with E-state index in [0.717, 1.165) is 5.92 Å². The summed E-state index contributed by atoms with van der Waals surface area (Å²) in [5, 5.41) is 3.41. The lowest BCUT2D eigenvalue weighted by atomic mass is 9.96. The van der Waals surface area contributed by atoms with Crippen molar-refractivity contribution in [1.82, 2.24) is 15.1 Å². The zero-order chi connectivity index (χ0) is 11.2. The van der Waals surface area contributed by atoms with Crippen LogP contribution in [0.4, 0.5) is 0 Å². The highest BCUT2D eigenvalue weighted by Gasteiger charge is 2.19. The van der Waals surface area contributed by atoms with Crippen molar-refractivity contribution in [3.63, 3.8) is 0 Å². The second-order valence-corrected chi connectivity index (χ2v) is 5.31. The summed E-state index contributed by atoms with van der Waals surface area (Å²) in [5.41, 5.74) is 0. The van der Waals surface area contributed by atoms with Crippen molar-refractivity contribution in [2.24, 2.45) is 5.92 Å². The minimum Gasteiger partial charge on any atom is -0.314 e. The third-order valence-corrected chi connectivity index (χ3v) is 4.12. The van der Waals surface area contributed by atoms with Crippen LogP contribution in [0.1, 0.15) is 26.2 Å². The Morgan fingerprint density at radius 2 is 1.67 bits per heavy atom. The van der Waals surface area contributed by atoms with Crippen molar-refractivity contribution in [1.29, 1.82) is 0 Å².